The van der Waals surface area contributed by atoms with Crippen molar-refractivity contribution < 1.29 is 36.7 Å². The lowest BCUT2D eigenvalue weighted by molar-refractivity contribution is 0.193. The minimum atomic E-state index is -4.02. The molecule has 60 heavy (non-hydrogen) atoms. The van der Waals surface area contributed by atoms with Gasteiger partial charge in [-0.25, -0.2) is 20.0 Å². The summed E-state index contributed by atoms with van der Waals surface area (Å²) in [4.78, 5) is 17.7. The lowest BCUT2D eigenvalue weighted by Gasteiger charge is -2.03. The zero-order valence-electron chi connectivity index (χ0n) is 33.5. The van der Waals surface area contributed by atoms with E-state index in [4.69, 9.17) is 34.0 Å². The molecule has 0 spiro atoms. The Labute approximate surface area is 351 Å². The molecular weight excluding hydrogens is 783 g/mol. The van der Waals surface area contributed by atoms with E-state index in [1.807, 2.05) is 111 Å². The summed E-state index contributed by atoms with van der Waals surface area (Å²) in [5.74, 6) is 1.43. The molecular formula is C46H49N5O8S. The van der Waals surface area contributed by atoms with Gasteiger partial charge < -0.3 is 29.4 Å². The highest BCUT2D eigenvalue weighted by atomic mass is 32.2. The van der Waals surface area contributed by atoms with Crippen molar-refractivity contribution in [3.05, 3.63) is 173 Å². The second-order valence-electron chi connectivity index (χ2n) is 13.8. The fraction of sp³-hybridized carbons (Fsp3) is 0.261. The molecule has 9 rings (SSSR count). The van der Waals surface area contributed by atoms with Gasteiger partial charge in [-0.05, 0) is 48.2 Å². The molecule has 3 N–H and O–H groups in total. The maximum atomic E-state index is 10.5. The van der Waals surface area contributed by atoms with Crippen molar-refractivity contribution in [1.29, 1.82) is 0 Å². The van der Waals surface area contributed by atoms with Crippen molar-refractivity contribution in [2.24, 2.45) is 25.7 Å². The van der Waals surface area contributed by atoms with Crippen molar-refractivity contribution in [3.8, 4) is 0 Å². The van der Waals surface area contributed by atoms with Crippen LogP contribution in [-0.4, -0.2) is 69.9 Å². The first kappa shape index (κ1) is 43.1. The quantitative estimate of drug-likeness (QED) is 0.146. The highest BCUT2D eigenvalue weighted by Gasteiger charge is 2.26. The third kappa shape index (κ3) is 13.0. The molecule has 13 nitrogen and oxygen atoms in total. The van der Waals surface area contributed by atoms with E-state index in [2.05, 4.69) is 44.2 Å². The summed E-state index contributed by atoms with van der Waals surface area (Å²) in [6, 6.07) is 47.2. The number of rotatable bonds is 8. The molecule has 0 unspecified atom stereocenters. The molecule has 4 aliphatic heterocycles. The van der Waals surface area contributed by atoms with Crippen molar-refractivity contribution >= 4 is 34.0 Å². The molecule has 0 fully saturated rings. The Morgan fingerprint density at radius 3 is 1.33 bits per heavy atom. The van der Waals surface area contributed by atoms with E-state index in [-0.39, 0.29) is 29.1 Å². The van der Waals surface area contributed by atoms with Gasteiger partial charge in [0.15, 0.2) is 11.8 Å². The second-order valence-corrected chi connectivity index (χ2v) is 15.2. The number of hydrogen-bond donors (Lipinski definition) is 2. The summed E-state index contributed by atoms with van der Waals surface area (Å²) >= 11 is 0. The topological polar surface area (TPSA) is 176 Å². The minimum absolute atomic E-state index is 0.0666. The third-order valence-electron chi connectivity index (χ3n) is 9.34. The molecule has 0 aromatic heterocycles. The van der Waals surface area contributed by atoms with Gasteiger partial charge >= 0.3 is 6.08 Å². The number of nitrogens with zero attached hydrogens (tertiary/aromatic N) is 4. The molecule has 14 heteroatoms. The Balaban J connectivity index is 0.000000142. The first-order chi connectivity index (χ1) is 29.1. The van der Waals surface area contributed by atoms with Crippen molar-refractivity contribution in [2.75, 3.05) is 33.0 Å². The molecule has 0 radical (unpaired) electrons. The Morgan fingerprint density at radius 2 is 0.950 bits per heavy atom. The van der Waals surface area contributed by atoms with E-state index in [1.165, 1.54) is 28.8 Å². The highest BCUT2D eigenvalue weighted by Crippen LogP contribution is 2.27. The Morgan fingerprint density at radius 1 is 0.567 bits per heavy atom. The van der Waals surface area contributed by atoms with E-state index in [1.54, 1.807) is 12.1 Å². The number of hydrogen-bond acceptors (Lipinski definition) is 12. The largest absolute Gasteiger partial charge is 0.478 e. The second kappa shape index (κ2) is 21.5. The van der Waals surface area contributed by atoms with Crippen LogP contribution in [0.4, 0.5) is 0 Å². The van der Waals surface area contributed by atoms with Crippen LogP contribution in [0.2, 0.25) is 0 Å². The number of benzene rings is 5. The van der Waals surface area contributed by atoms with Gasteiger partial charge in [0.1, 0.15) is 50.6 Å². The normalized spacial score (nSPS) is 19.9. The summed E-state index contributed by atoms with van der Waals surface area (Å²) in [5, 5.41) is 0. The van der Waals surface area contributed by atoms with Gasteiger partial charge in [-0.3, -0.25) is 4.55 Å². The summed E-state index contributed by atoms with van der Waals surface area (Å²) in [6.45, 7) is 6.69. The molecule has 0 saturated carbocycles. The first-order valence-electron chi connectivity index (χ1n) is 19.6. The summed E-state index contributed by atoms with van der Waals surface area (Å²) in [6.07, 6.45) is 0.952. The number of ether oxygens (including phenoxy) is 5. The molecule has 5 aromatic rings. The van der Waals surface area contributed by atoms with Crippen LogP contribution in [0, 0.1) is 6.92 Å². The van der Waals surface area contributed by atoms with E-state index >= 15 is 0 Å². The van der Waals surface area contributed by atoms with Crippen LogP contribution in [0.1, 0.15) is 65.3 Å². The maximum absolute atomic E-state index is 10.5. The van der Waals surface area contributed by atoms with Crippen molar-refractivity contribution in [1.82, 2.24) is 0 Å². The van der Waals surface area contributed by atoms with Gasteiger partial charge in [0, 0.05) is 0 Å². The maximum Gasteiger partial charge on any atom is 0.384 e. The zero-order chi connectivity index (χ0) is 42.2. The molecule has 4 aliphatic rings. The average Bonchev–Trinajstić information content (AvgIpc) is 4.13. The number of nitrogens with two attached hydrogens (primary N) is 1. The van der Waals surface area contributed by atoms with Crippen LogP contribution in [0.25, 0.3) is 0 Å². The van der Waals surface area contributed by atoms with Crippen LogP contribution in [0.5, 0.6) is 0 Å². The zero-order valence-corrected chi connectivity index (χ0v) is 34.3. The summed E-state index contributed by atoms with van der Waals surface area (Å²) < 4.78 is 56.5. The molecule has 5 aromatic carbocycles. The van der Waals surface area contributed by atoms with Crippen LogP contribution < -0.4 is 5.73 Å². The van der Waals surface area contributed by atoms with Crippen LogP contribution in [-0.2, 0) is 33.8 Å². The Hall–Kier alpha value is -6.51. The number of aryl methyl sites for hydroxylation is 1. The van der Waals surface area contributed by atoms with E-state index in [0.29, 0.717) is 63.4 Å². The number of aliphatic imine (C=N–C) groups is 4. The fourth-order valence-electron chi connectivity index (χ4n) is 6.21. The summed E-state index contributed by atoms with van der Waals surface area (Å²) in [7, 11) is -4.02. The van der Waals surface area contributed by atoms with Gasteiger partial charge in [0.25, 0.3) is 16.1 Å². The molecule has 4 atom stereocenters. The molecule has 0 amide bonds. The molecule has 312 valence electrons. The minimum Gasteiger partial charge on any atom is -0.478 e. The van der Waals surface area contributed by atoms with Crippen LogP contribution >= 0.6 is 0 Å². The third-order valence-corrected chi connectivity index (χ3v) is 10.2. The lowest BCUT2D eigenvalue weighted by atomic mass is 10.1. The lowest BCUT2D eigenvalue weighted by Crippen LogP contribution is -2.10. The SMILES string of the molecule is CCOC1=N[C@@H](c2ccccc2)CO1.Cc1ccc(S(=O)(=O)O)cc1.NC1=N[C@@H](c2ccccc2)CO1.c1ccc([C@H]2COC(CC3=N[C@@H](c4ccccc4)CO3)=N2)cc1. The van der Waals surface area contributed by atoms with Gasteiger partial charge in [-0.2, -0.15) is 8.42 Å². The first-order valence-corrected chi connectivity index (χ1v) is 21.0. The van der Waals surface area contributed by atoms with Gasteiger partial charge in [0.05, 0.1) is 17.9 Å². The predicted molar refractivity (Wildman–Crippen MR) is 232 cm³/mol. The summed E-state index contributed by atoms with van der Waals surface area (Å²) in [5.41, 5.74) is 11.0. The predicted octanol–water partition coefficient (Wildman–Crippen LogP) is 8.18. The standard InChI is InChI=1S/C19H18N2O2.C11H13NO2.C9H10N2O.C7H8O3S/c1-3-7-14(8-4-1)16-12-22-18(20-16)11-19-21-17(13-23-19)15-9-5-2-6-10-15;1-2-13-11-12-10(8-14-11)9-6-4-3-5-7-9;10-9-11-8(6-12-9)7-4-2-1-3-5-7;1-6-2-4-7(5-3-6)11(8,9)10/h1-10,16-17H,11-13H2;3-7,10H,2,8H2,1H3;1-5,8H,6H2,(H2,10,11);2-5H,1H3,(H,8,9,10)/t16-,17-;10-;8-;/m111./s1. The monoisotopic (exact) mass is 831 g/mol. The average molecular weight is 832 g/mol. The Bertz CT molecular complexity index is 2270. The highest BCUT2D eigenvalue weighted by molar-refractivity contribution is 7.85. The molecule has 0 saturated heterocycles. The van der Waals surface area contributed by atoms with E-state index in [9.17, 15) is 8.42 Å². The fourth-order valence-corrected chi connectivity index (χ4v) is 6.69. The smallest absolute Gasteiger partial charge is 0.384 e. The van der Waals surface area contributed by atoms with Gasteiger partial charge in [-0.1, -0.05) is 139 Å². The molecule has 0 bridgehead atoms. The Kier molecular flexibility index (Phi) is 15.4. The number of amidine groups is 1. The van der Waals surface area contributed by atoms with Gasteiger partial charge in [-0.15, -0.1) is 0 Å². The molecule has 0 aliphatic carbocycles. The van der Waals surface area contributed by atoms with Crippen molar-refractivity contribution in [2.45, 2.75) is 49.3 Å². The van der Waals surface area contributed by atoms with Crippen LogP contribution in [0.3, 0.4) is 0 Å². The molecule has 4 heterocycles. The van der Waals surface area contributed by atoms with Gasteiger partial charge in [0.2, 0.25) is 0 Å². The van der Waals surface area contributed by atoms with Crippen LogP contribution in [0.15, 0.2) is 170 Å². The van der Waals surface area contributed by atoms with Crippen molar-refractivity contribution in [3.63, 3.8) is 0 Å². The van der Waals surface area contributed by atoms with E-state index in [0.717, 1.165) is 11.1 Å². The van der Waals surface area contributed by atoms with E-state index < -0.39 is 10.1 Å².